The molecule has 0 saturated heterocycles. The van der Waals surface area contributed by atoms with E-state index in [0.717, 1.165) is 10.9 Å². The molecule has 0 amide bonds. The number of hydrogen-bond acceptors (Lipinski definition) is 0. The highest BCUT2D eigenvalue weighted by molar-refractivity contribution is 9.10. The van der Waals surface area contributed by atoms with E-state index in [1.807, 2.05) is 0 Å². The fraction of sp³-hybridized carbons (Fsp3) is 0.143. The highest BCUT2D eigenvalue weighted by atomic mass is 79.9. The Balaban J connectivity index is 2.29. The summed E-state index contributed by atoms with van der Waals surface area (Å²) in [4.78, 5) is 0. The molecule has 3 rings (SSSR count). The number of halogens is 2. The maximum absolute atomic E-state index is 3.57. The molecule has 0 atom stereocenters. The highest BCUT2D eigenvalue weighted by Crippen LogP contribution is 2.41. The topological polar surface area (TPSA) is 0 Å². The van der Waals surface area contributed by atoms with Crippen molar-refractivity contribution in [3.63, 3.8) is 0 Å². The molecular weight excluding hydrogens is 328 g/mol. The van der Waals surface area contributed by atoms with Crippen molar-refractivity contribution in [2.24, 2.45) is 0 Å². The Bertz CT molecular complexity index is 586. The molecule has 80 valence electrons. The van der Waals surface area contributed by atoms with Gasteiger partial charge in [-0.15, -0.1) is 0 Å². The van der Waals surface area contributed by atoms with Crippen molar-refractivity contribution >= 4 is 31.9 Å². The molecule has 2 heteroatoms. The van der Waals surface area contributed by atoms with Crippen LogP contribution in [0.1, 0.15) is 16.7 Å². The van der Waals surface area contributed by atoms with Crippen LogP contribution in [-0.4, -0.2) is 0 Å². The molecule has 16 heavy (non-hydrogen) atoms. The van der Waals surface area contributed by atoms with Crippen LogP contribution in [0.3, 0.4) is 0 Å². The van der Waals surface area contributed by atoms with Gasteiger partial charge in [0.05, 0.1) is 0 Å². The van der Waals surface area contributed by atoms with E-state index in [4.69, 9.17) is 0 Å². The summed E-state index contributed by atoms with van der Waals surface area (Å²) in [6, 6.07) is 11.0. The molecule has 0 fully saturated rings. The van der Waals surface area contributed by atoms with Gasteiger partial charge >= 0.3 is 0 Å². The number of rotatable bonds is 0. The second-order valence-corrected chi connectivity index (χ2v) is 6.07. The monoisotopic (exact) mass is 336 g/mol. The Hall–Kier alpha value is -0.600. The van der Waals surface area contributed by atoms with E-state index in [9.17, 15) is 0 Å². The van der Waals surface area contributed by atoms with Crippen LogP contribution in [0.2, 0.25) is 0 Å². The minimum atomic E-state index is 1.05. The molecule has 0 aliphatic heterocycles. The van der Waals surface area contributed by atoms with E-state index in [-0.39, 0.29) is 0 Å². The lowest BCUT2D eigenvalue weighted by molar-refractivity contribution is 1.25. The summed E-state index contributed by atoms with van der Waals surface area (Å²) in [6.45, 7) is 2.18. The zero-order valence-corrected chi connectivity index (χ0v) is 12.0. The quantitative estimate of drug-likeness (QED) is 0.536. The largest absolute Gasteiger partial charge is 0.0530 e. The average Bonchev–Trinajstić information content (AvgIpc) is 2.54. The minimum absolute atomic E-state index is 1.05. The lowest BCUT2D eigenvalue weighted by Crippen LogP contribution is -1.84. The Morgan fingerprint density at radius 3 is 2.50 bits per heavy atom. The fourth-order valence-electron chi connectivity index (χ4n) is 2.49. The zero-order chi connectivity index (χ0) is 11.3. The summed E-state index contributed by atoms with van der Waals surface area (Å²) < 4.78 is 2.34. The van der Waals surface area contributed by atoms with Crippen molar-refractivity contribution < 1.29 is 0 Å². The molecule has 0 aromatic heterocycles. The summed E-state index contributed by atoms with van der Waals surface area (Å²) >= 11 is 7.10. The van der Waals surface area contributed by atoms with Crippen molar-refractivity contribution in [1.82, 2.24) is 0 Å². The van der Waals surface area contributed by atoms with E-state index >= 15 is 0 Å². The van der Waals surface area contributed by atoms with Gasteiger partial charge in [-0.2, -0.15) is 0 Å². The Kier molecular flexibility index (Phi) is 2.45. The number of aryl methyl sites for hydroxylation is 1. The molecule has 2 aromatic carbocycles. The molecule has 0 spiro atoms. The van der Waals surface area contributed by atoms with Crippen LogP contribution in [0.4, 0.5) is 0 Å². The Morgan fingerprint density at radius 2 is 1.69 bits per heavy atom. The maximum Gasteiger partial charge on any atom is 0.0181 e. The summed E-state index contributed by atoms with van der Waals surface area (Å²) in [5, 5.41) is 0. The molecule has 0 heterocycles. The van der Waals surface area contributed by atoms with Gasteiger partial charge in [0.1, 0.15) is 0 Å². The third-order valence-corrected chi connectivity index (χ3v) is 4.05. The van der Waals surface area contributed by atoms with E-state index < -0.39 is 0 Å². The van der Waals surface area contributed by atoms with Crippen LogP contribution in [0, 0.1) is 6.92 Å². The minimum Gasteiger partial charge on any atom is -0.0530 e. The van der Waals surface area contributed by atoms with Crippen LogP contribution in [0.5, 0.6) is 0 Å². The molecule has 0 N–H and O–H groups in total. The van der Waals surface area contributed by atoms with Crippen LogP contribution in [-0.2, 0) is 6.42 Å². The van der Waals surface area contributed by atoms with Crippen molar-refractivity contribution in [3.05, 3.63) is 56.0 Å². The second-order valence-electron chi connectivity index (χ2n) is 4.24. The molecule has 1 aliphatic rings. The standard InChI is InChI=1S/C14H10Br2/c1-8-4-12(16)7-10-5-9-6-11(15)2-3-13(9)14(8)10/h2-4,6-7H,5H2,1H3. The third-order valence-electron chi connectivity index (χ3n) is 3.10. The molecule has 1 aliphatic carbocycles. The van der Waals surface area contributed by atoms with Crippen LogP contribution < -0.4 is 0 Å². The van der Waals surface area contributed by atoms with Crippen molar-refractivity contribution in [2.75, 3.05) is 0 Å². The summed E-state index contributed by atoms with van der Waals surface area (Å²) in [7, 11) is 0. The van der Waals surface area contributed by atoms with Crippen molar-refractivity contribution in [3.8, 4) is 11.1 Å². The van der Waals surface area contributed by atoms with Crippen LogP contribution in [0.15, 0.2) is 39.3 Å². The van der Waals surface area contributed by atoms with Gasteiger partial charge in [-0.25, -0.2) is 0 Å². The lowest BCUT2D eigenvalue weighted by Gasteiger charge is -2.06. The number of benzene rings is 2. The van der Waals surface area contributed by atoms with Gasteiger partial charge in [0, 0.05) is 8.95 Å². The van der Waals surface area contributed by atoms with E-state index in [0.29, 0.717) is 0 Å². The molecule has 0 saturated carbocycles. The first-order valence-electron chi connectivity index (χ1n) is 5.23. The summed E-state index contributed by atoms with van der Waals surface area (Å²) in [5.74, 6) is 0. The van der Waals surface area contributed by atoms with E-state index in [1.165, 1.54) is 32.3 Å². The lowest BCUT2D eigenvalue weighted by atomic mass is 10.0. The second kappa shape index (κ2) is 3.71. The van der Waals surface area contributed by atoms with Crippen molar-refractivity contribution in [1.29, 1.82) is 0 Å². The van der Waals surface area contributed by atoms with Crippen LogP contribution >= 0.6 is 31.9 Å². The number of hydrogen-bond donors (Lipinski definition) is 0. The number of fused-ring (bicyclic) bond motifs is 3. The third kappa shape index (κ3) is 1.56. The van der Waals surface area contributed by atoms with Gasteiger partial charge in [0.2, 0.25) is 0 Å². The highest BCUT2D eigenvalue weighted by Gasteiger charge is 2.20. The van der Waals surface area contributed by atoms with Crippen LogP contribution in [0.25, 0.3) is 11.1 Å². The van der Waals surface area contributed by atoms with Crippen molar-refractivity contribution in [2.45, 2.75) is 13.3 Å². The average molecular weight is 338 g/mol. The molecule has 2 aromatic rings. The normalized spacial score (nSPS) is 12.4. The molecule has 0 bridgehead atoms. The first kappa shape index (κ1) is 10.5. The van der Waals surface area contributed by atoms with Gasteiger partial charge in [-0.3, -0.25) is 0 Å². The fourth-order valence-corrected chi connectivity index (χ4v) is 3.52. The predicted octanol–water partition coefficient (Wildman–Crippen LogP) is 5.09. The Labute approximate surface area is 112 Å². The first-order valence-corrected chi connectivity index (χ1v) is 6.81. The van der Waals surface area contributed by atoms with Gasteiger partial charge in [0.25, 0.3) is 0 Å². The predicted molar refractivity (Wildman–Crippen MR) is 74.8 cm³/mol. The molecule has 0 radical (unpaired) electrons. The van der Waals surface area contributed by atoms with E-state index in [1.54, 1.807) is 0 Å². The van der Waals surface area contributed by atoms with Gasteiger partial charge in [0.15, 0.2) is 0 Å². The smallest absolute Gasteiger partial charge is 0.0181 e. The van der Waals surface area contributed by atoms with Gasteiger partial charge in [-0.1, -0.05) is 37.9 Å². The molecule has 0 unspecified atom stereocenters. The SMILES string of the molecule is Cc1cc(Br)cc2c1-c1ccc(Br)cc1C2. The van der Waals surface area contributed by atoms with Gasteiger partial charge < -0.3 is 0 Å². The summed E-state index contributed by atoms with van der Waals surface area (Å²) in [5.41, 5.74) is 7.02. The summed E-state index contributed by atoms with van der Waals surface area (Å²) in [6.07, 6.45) is 1.05. The van der Waals surface area contributed by atoms with Gasteiger partial charge in [-0.05, 0) is 65.4 Å². The molecule has 0 nitrogen and oxygen atoms in total. The zero-order valence-electron chi connectivity index (χ0n) is 8.85. The maximum atomic E-state index is 3.57. The first-order chi connectivity index (χ1) is 7.65. The van der Waals surface area contributed by atoms with E-state index in [2.05, 4.69) is 69.1 Å². The molecular formula is C14H10Br2. The Morgan fingerprint density at radius 1 is 0.938 bits per heavy atom.